The highest BCUT2D eigenvalue weighted by molar-refractivity contribution is 6.10. The summed E-state index contributed by atoms with van der Waals surface area (Å²) < 4.78 is 4.62. The number of aromatic nitrogens is 4. The van der Waals surface area contributed by atoms with E-state index in [0.29, 0.717) is 0 Å². The summed E-state index contributed by atoms with van der Waals surface area (Å²) in [6, 6.07) is 66.2. The maximum Gasteiger partial charge on any atom is 0.137 e. The van der Waals surface area contributed by atoms with E-state index in [-0.39, 0.29) is 5.92 Å². The van der Waals surface area contributed by atoms with Crippen LogP contribution in [0.3, 0.4) is 0 Å². The number of hydrogen-bond acceptors (Lipinski definition) is 2. The SMILES string of the molecule is c1ccc2c(c1)CC(c1cc(-c3ccc(-c4nc5ccccc5c5nc6ccccn6c45)cc3)cc(-n3c4ccccc4c4ccccc43)c1)c1ccccc1-2. The van der Waals surface area contributed by atoms with Gasteiger partial charge in [0.2, 0.25) is 0 Å². The summed E-state index contributed by atoms with van der Waals surface area (Å²) in [4.78, 5) is 10.3. The Kier molecular flexibility index (Phi) is 6.72. The molecule has 0 N–H and O–H groups in total. The number of benzene rings is 7. The third-order valence-electron chi connectivity index (χ3n) is 11.9. The molecule has 0 amide bonds. The minimum Gasteiger partial charge on any atom is -0.309 e. The van der Waals surface area contributed by atoms with Gasteiger partial charge in [0.05, 0.1) is 27.8 Å². The minimum atomic E-state index is 0.206. The van der Waals surface area contributed by atoms with Gasteiger partial charge < -0.3 is 4.57 Å². The summed E-state index contributed by atoms with van der Waals surface area (Å²) >= 11 is 0. The van der Waals surface area contributed by atoms with Gasteiger partial charge in [-0.1, -0.05) is 140 Å². The minimum absolute atomic E-state index is 0.206. The maximum absolute atomic E-state index is 5.26. The van der Waals surface area contributed by atoms with Crippen molar-refractivity contribution >= 4 is 49.4 Å². The Labute approximate surface area is 323 Å². The molecule has 11 aromatic rings. The van der Waals surface area contributed by atoms with Gasteiger partial charge in [-0.15, -0.1) is 0 Å². The fraction of sp³-hybridized carbons (Fsp3) is 0.0385. The fourth-order valence-electron chi connectivity index (χ4n) is 9.34. The lowest BCUT2D eigenvalue weighted by molar-refractivity contribution is 0.793. The zero-order chi connectivity index (χ0) is 36.7. The molecule has 4 nitrogen and oxygen atoms in total. The molecule has 0 saturated carbocycles. The lowest BCUT2D eigenvalue weighted by atomic mass is 9.75. The van der Waals surface area contributed by atoms with Crippen LogP contribution >= 0.6 is 0 Å². The van der Waals surface area contributed by atoms with Crippen LogP contribution in [0.15, 0.2) is 188 Å². The molecule has 0 saturated heterocycles. The van der Waals surface area contributed by atoms with Crippen molar-refractivity contribution in [3.8, 4) is 39.2 Å². The predicted molar refractivity (Wildman–Crippen MR) is 231 cm³/mol. The lowest BCUT2D eigenvalue weighted by Crippen LogP contribution is -2.13. The van der Waals surface area contributed by atoms with Crippen LogP contribution in [-0.4, -0.2) is 18.9 Å². The van der Waals surface area contributed by atoms with E-state index in [1.807, 2.05) is 6.07 Å². The molecule has 1 aliphatic rings. The Morgan fingerprint density at radius 3 is 1.98 bits per heavy atom. The topological polar surface area (TPSA) is 35.1 Å². The van der Waals surface area contributed by atoms with Gasteiger partial charge in [0.25, 0.3) is 0 Å². The van der Waals surface area contributed by atoms with Crippen LogP contribution in [0.25, 0.3) is 88.6 Å². The first-order valence-electron chi connectivity index (χ1n) is 19.3. The van der Waals surface area contributed by atoms with E-state index in [2.05, 4.69) is 191 Å². The molecular weight excluding hydrogens is 681 g/mol. The quantitative estimate of drug-likeness (QED) is 0.182. The highest BCUT2D eigenvalue weighted by Gasteiger charge is 2.27. The average Bonchev–Trinajstić information content (AvgIpc) is 3.83. The standard InChI is InChI=1S/C52H34N4/c1-2-14-39-35(13-1)32-45(41-16-4-3-15-40(39)41)37-29-36(30-38(31-37)56-47-21-9-6-17-42(47)43-18-7-10-22-48(43)56)33-24-26-34(27-25-33)50-52-51(44-19-5-8-20-46(44)53-50)54-49-23-11-12-28-55(49)52/h1-31,45H,32H2. The van der Waals surface area contributed by atoms with E-state index in [1.165, 1.54) is 60.9 Å². The Morgan fingerprint density at radius 1 is 0.500 bits per heavy atom. The number of nitrogens with zero attached hydrogens (tertiary/aromatic N) is 4. The Balaban J connectivity index is 1.07. The maximum atomic E-state index is 5.26. The van der Waals surface area contributed by atoms with E-state index < -0.39 is 0 Å². The van der Waals surface area contributed by atoms with Gasteiger partial charge in [0.1, 0.15) is 11.2 Å². The molecule has 56 heavy (non-hydrogen) atoms. The molecule has 0 radical (unpaired) electrons. The van der Waals surface area contributed by atoms with Gasteiger partial charge in [-0.2, -0.15) is 0 Å². The molecule has 0 spiro atoms. The lowest BCUT2D eigenvalue weighted by Gasteiger charge is -2.29. The zero-order valence-corrected chi connectivity index (χ0v) is 30.5. The van der Waals surface area contributed by atoms with Crippen molar-refractivity contribution in [1.82, 2.24) is 18.9 Å². The van der Waals surface area contributed by atoms with Crippen LogP contribution in [0, 0.1) is 0 Å². The third kappa shape index (κ3) is 4.66. The number of hydrogen-bond donors (Lipinski definition) is 0. The van der Waals surface area contributed by atoms with E-state index >= 15 is 0 Å². The molecule has 262 valence electrons. The van der Waals surface area contributed by atoms with Crippen LogP contribution < -0.4 is 0 Å². The molecule has 1 atom stereocenters. The van der Waals surface area contributed by atoms with Crippen molar-refractivity contribution in [2.24, 2.45) is 0 Å². The van der Waals surface area contributed by atoms with Gasteiger partial charge in [0, 0.05) is 39.5 Å². The summed E-state index contributed by atoms with van der Waals surface area (Å²) in [5, 5.41) is 3.59. The van der Waals surface area contributed by atoms with Gasteiger partial charge in [0.15, 0.2) is 0 Å². The molecule has 1 aliphatic carbocycles. The first kappa shape index (κ1) is 31.1. The number of para-hydroxylation sites is 3. The van der Waals surface area contributed by atoms with Gasteiger partial charge in [-0.05, 0) is 87.8 Å². The van der Waals surface area contributed by atoms with Gasteiger partial charge >= 0.3 is 0 Å². The van der Waals surface area contributed by atoms with E-state index in [0.717, 1.165) is 50.8 Å². The Hall–Kier alpha value is -7.30. The fourth-order valence-corrected chi connectivity index (χ4v) is 9.34. The molecule has 0 bridgehead atoms. The Bertz CT molecular complexity index is 3300. The smallest absolute Gasteiger partial charge is 0.137 e. The zero-order valence-electron chi connectivity index (χ0n) is 30.5. The Morgan fingerprint density at radius 2 is 1.16 bits per heavy atom. The number of fused-ring (bicyclic) bond motifs is 11. The summed E-state index contributed by atoms with van der Waals surface area (Å²) in [5.74, 6) is 0.206. The van der Waals surface area contributed by atoms with Crippen molar-refractivity contribution < 1.29 is 0 Å². The molecule has 4 heterocycles. The second-order valence-corrected chi connectivity index (χ2v) is 15.0. The number of pyridine rings is 2. The molecule has 12 rings (SSSR count). The molecule has 1 unspecified atom stereocenters. The molecule has 7 aromatic carbocycles. The third-order valence-corrected chi connectivity index (χ3v) is 11.9. The van der Waals surface area contributed by atoms with Gasteiger partial charge in [-0.25, -0.2) is 9.97 Å². The second-order valence-electron chi connectivity index (χ2n) is 15.0. The van der Waals surface area contributed by atoms with E-state index in [9.17, 15) is 0 Å². The number of imidazole rings is 1. The highest BCUT2D eigenvalue weighted by atomic mass is 15.0. The molecule has 0 aliphatic heterocycles. The van der Waals surface area contributed by atoms with Crippen molar-refractivity contribution in [3.63, 3.8) is 0 Å². The summed E-state index contributed by atoms with van der Waals surface area (Å²) in [7, 11) is 0. The van der Waals surface area contributed by atoms with E-state index in [1.54, 1.807) is 0 Å². The summed E-state index contributed by atoms with van der Waals surface area (Å²) in [6.07, 6.45) is 3.04. The van der Waals surface area contributed by atoms with Crippen LogP contribution in [0.4, 0.5) is 0 Å². The van der Waals surface area contributed by atoms with Crippen LogP contribution in [-0.2, 0) is 6.42 Å². The van der Waals surface area contributed by atoms with Crippen LogP contribution in [0.5, 0.6) is 0 Å². The van der Waals surface area contributed by atoms with Crippen LogP contribution in [0.1, 0.15) is 22.6 Å². The number of rotatable bonds is 4. The molecular formula is C52H34N4. The monoisotopic (exact) mass is 714 g/mol. The van der Waals surface area contributed by atoms with Gasteiger partial charge in [-0.3, -0.25) is 4.40 Å². The van der Waals surface area contributed by atoms with Crippen molar-refractivity contribution in [2.45, 2.75) is 12.3 Å². The van der Waals surface area contributed by atoms with Crippen molar-refractivity contribution in [3.05, 3.63) is 205 Å². The average molecular weight is 715 g/mol. The first-order chi connectivity index (χ1) is 27.8. The molecule has 4 aromatic heterocycles. The summed E-state index contributed by atoms with van der Waals surface area (Å²) in [6.45, 7) is 0. The normalized spacial score (nSPS) is 13.8. The second kappa shape index (κ2) is 12.1. The largest absolute Gasteiger partial charge is 0.309 e. The summed E-state index contributed by atoms with van der Waals surface area (Å²) in [5.41, 5.74) is 18.6. The van der Waals surface area contributed by atoms with Crippen molar-refractivity contribution in [1.29, 1.82) is 0 Å². The first-order valence-corrected chi connectivity index (χ1v) is 19.3. The molecule has 0 fully saturated rings. The van der Waals surface area contributed by atoms with E-state index in [4.69, 9.17) is 9.97 Å². The molecule has 4 heteroatoms. The highest BCUT2D eigenvalue weighted by Crippen LogP contribution is 2.45. The van der Waals surface area contributed by atoms with Crippen LogP contribution in [0.2, 0.25) is 0 Å². The predicted octanol–water partition coefficient (Wildman–Crippen LogP) is 12.8. The van der Waals surface area contributed by atoms with Crippen molar-refractivity contribution in [2.75, 3.05) is 0 Å².